The lowest BCUT2D eigenvalue weighted by Crippen LogP contribution is -2.26. The molecule has 0 saturated carbocycles. The van der Waals surface area contributed by atoms with Crippen LogP contribution in [0, 0.1) is 0 Å². The molecule has 1 unspecified atom stereocenters. The predicted octanol–water partition coefficient (Wildman–Crippen LogP) is 2.80. The van der Waals surface area contributed by atoms with Gasteiger partial charge in [0.05, 0.1) is 12.3 Å². The highest BCUT2D eigenvalue weighted by atomic mass is 16.3. The van der Waals surface area contributed by atoms with Gasteiger partial charge in [-0.3, -0.25) is 4.90 Å². The van der Waals surface area contributed by atoms with Crippen molar-refractivity contribution in [2.75, 3.05) is 13.6 Å². The van der Waals surface area contributed by atoms with Crippen LogP contribution in [0.5, 0.6) is 0 Å². The fourth-order valence-corrected chi connectivity index (χ4v) is 2.20. The van der Waals surface area contributed by atoms with Crippen molar-refractivity contribution in [1.29, 1.82) is 0 Å². The first kappa shape index (κ1) is 12.9. The Morgan fingerprint density at radius 2 is 1.94 bits per heavy atom. The summed E-state index contributed by atoms with van der Waals surface area (Å²) in [6, 6.07) is 14.6. The fourth-order valence-electron chi connectivity index (χ4n) is 2.20. The third kappa shape index (κ3) is 3.22. The minimum absolute atomic E-state index is 0.241. The Balaban J connectivity index is 2.07. The molecule has 0 saturated heterocycles. The number of hydrogen-bond acceptors (Lipinski definition) is 3. The maximum atomic E-state index is 5.70. The number of hydrogen-bond donors (Lipinski definition) is 1. The topological polar surface area (TPSA) is 42.4 Å². The maximum absolute atomic E-state index is 5.70. The first-order chi connectivity index (χ1) is 8.81. The first-order valence-electron chi connectivity index (χ1n) is 6.29. The predicted molar refractivity (Wildman–Crippen MR) is 73.0 cm³/mol. The Morgan fingerprint density at radius 1 is 1.17 bits per heavy atom. The molecule has 0 amide bonds. The molecule has 0 fully saturated rings. The number of rotatable bonds is 6. The SMILES string of the molecule is CN(Cc1ccccc1)C(CCN)c1ccco1. The van der Waals surface area contributed by atoms with Crippen LogP contribution >= 0.6 is 0 Å². The van der Waals surface area contributed by atoms with Crippen LogP contribution in [0.1, 0.15) is 23.8 Å². The van der Waals surface area contributed by atoms with Gasteiger partial charge in [-0.1, -0.05) is 30.3 Å². The highest BCUT2D eigenvalue weighted by Gasteiger charge is 2.18. The van der Waals surface area contributed by atoms with Crippen LogP contribution in [0.4, 0.5) is 0 Å². The molecule has 1 aromatic carbocycles. The van der Waals surface area contributed by atoms with Crippen molar-refractivity contribution in [3.05, 3.63) is 60.1 Å². The van der Waals surface area contributed by atoms with Crippen LogP contribution in [0.25, 0.3) is 0 Å². The maximum Gasteiger partial charge on any atom is 0.120 e. The molecule has 1 atom stereocenters. The summed E-state index contributed by atoms with van der Waals surface area (Å²) in [4.78, 5) is 2.28. The van der Waals surface area contributed by atoms with Gasteiger partial charge in [-0.2, -0.15) is 0 Å². The van der Waals surface area contributed by atoms with E-state index in [-0.39, 0.29) is 6.04 Å². The van der Waals surface area contributed by atoms with E-state index in [0.29, 0.717) is 6.54 Å². The molecule has 3 nitrogen and oxygen atoms in total. The van der Waals surface area contributed by atoms with Crippen molar-refractivity contribution in [3.63, 3.8) is 0 Å². The van der Waals surface area contributed by atoms with Gasteiger partial charge in [0.2, 0.25) is 0 Å². The van der Waals surface area contributed by atoms with Crippen LogP contribution < -0.4 is 5.73 Å². The van der Waals surface area contributed by atoms with Gasteiger partial charge in [0.1, 0.15) is 5.76 Å². The van der Waals surface area contributed by atoms with E-state index >= 15 is 0 Å². The number of nitrogens with zero attached hydrogens (tertiary/aromatic N) is 1. The van der Waals surface area contributed by atoms with E-state index in [0.717, 1.165) is 18.7 Å². The molecule has 2 N–H and O–H groups in total. The molecule has 0 radical (unpaired) electrons. The summed E-state index contributed by atoms with van der Waals surface area (Å²) in [6.45, 7) is 1.55. The van der Waals surface area contributed by atoms with Gasteiger partial charge in [-0.15, -0.1) is 0 Å². The van der Waals surface area contributed by atoms with E-state index < -0.39 is 0 Å². The Morgan fingerprint density at radius 3 is 2.56 bits per heavy atom. The zero-order valence-electron chi connectivity index (χ0n) is 10.8. The molecule has 96 valence electrons. The molecule has 0 aliphatic rings. The van der Waals surface area contributed by atoms with Crippen molar-refractivity contribution in [2.45, 2.75) is 19.0 Å². The van der Waals surface area contributed by atoms with Crippen molar-refractivity contribution in [2.24, 2.45) is 5.73 Å². The summed E-state index contributed by atoms with van der Waals surface area (Å²) in [6.07, 6.45) is 2.62. The van der Waals surface area contributed by atoms with Gasteiger partial charge in [-0.05, 0) is 37.7 Å². The summed E-state index contributed by atoms with van der Waals surface area (Å²) in [5.41, 5.74) is 7.00. The molecular weight excluding hydrogens is 224 g/mol. The molecule has 0 bridgehead atoms. The summed E-state index contributed by atoms with van der Waals surface area (Å²) < 4.78 is 5.51. The van der Waals surface area contributed by atoms with Crippen LogP contribution in [0.2, 0.25) is 0 Å². The Kier molecular flexibility index (Phi) is 4.56. The average Bonchev–Trinajstić information content (AvgIpc) is 2.90. The van der Waals surface area contributed by atoms with Crippen LogP contribution in [-0.4, -0.2) is 18.5 Å². The Labute approximate surface area is 108 Å². The molecule has 3 heteroatoms. The van der Waals surface area contributed by atoms with Gasteiger partial charge >= 0.3 is 0 Å². The highest BCUT2D eigenvalue weighted by Crippen LogP contribution is 2.24. The van der Waals surface area contributed by atoms with Crippen LogP contribution in [0.3, 0.4) is 0 Å². The molecule has 2 rings (SSSR count). The normalized spacial score (nSPS) is 12.8. The molecule has 18 heavy (non-hydrogen) atoms. The Hall–Kier alpha value is -1.58. The summed E-state index contributed by atoms with van der Waals surface area (Å²) in [7, 11) is 2.11. The lowest BCUT2D eigenvalue weighted by Gasteiger charge is -2.26. The fraction of sp³-hybridized carbons (Fsp3) is 0.333. The van der Waals surface area contributed by atoms with E-state index in [1.807, 2.05) is 18.2 Å². The zero-order chi connectivity index (χ0) is 12.8. The second-order valence-electron chi connectivity index (χ2n) is 4.51. The minimum atomic E-state index is 0.241. The highest BCUT2D eigenvalue weighted by molar-refractivity contribution is 5.15. The lowest BCUT2D eigenvalue weighted by atomic mass is 10.1. The van der Waals surface area contributed by atoms with E-state index in [1.54, 1.807) is 6.26 Å². The number of nitrogens with two attached hydrogens (primary N) is 1. The summed E-state index contributed by atoms with van der Waals surface area (Å²) in [5, 5.41) is 0. The molecule has 1 aromatic heterocycles. The summed E-state index contributed by atoms with van der Waals surface area (Å²) in [5.74, 6) is 0.985. The third-order valence-corrected chi connectivity index (χ3v) is 3.12. The molecule has 0 spiro atoms. The van der Waals surface area contributed by atoms with Gasteiger partial charge in [0.25, 0.3) is 0 Å². The Bertz CT molecular complexity index is 439. The van der Waals surface area contributed by atoms with Crippen molar-refractivity contribution in [3.8, 4) is 0 Å². The minimum Gasteiger partial charge on any atom is -0.468 e. The average molecular weight is 244 g/mol. The standard InChI is InChI=1S/C15H20N2O/c1-17(12-13-6-3-2-4-7-13)14(9-10-16)15-8-5-11-18-15/h2-8,11,14H,9-10,12,16H2,1H3. The van der Waals surface area contributed by atoms with E-state index in [2.05, 4.69) is 36.2 Å². The quantitative estimate of drug-likeness (QED) is 0.849. The smallest absolute Gasteiger partial charge is 0.120 e. The largest absolute Gasteiger partial charge is 0.468 e. The van der Waals surface area contributed by atoms with Gasteiger partial charge in [-0.25, -0.2) is 0 Å². The van der Waals surface area contributed by atoms with Crippen molar-refractivity contribution in [1.82, 2.24) is 4.90 Å². The lowest BCUT2D eigenvalue weighted by molar-refractivity contribution is 0.199. The zero-order valence-corrected chi connectivity index (χ0v) is 10.8. The number of furan rings is 1. The third-order valence-electron chi connectivity index (χ3n) is 3.12. The molecule has 0 aliphatic carbocycles. The summed E-state index contributed by atoms with van der Waals surface area (Å²) >= 11 is 0. The van der Waals surface area contributed by atoms with Crippen molar-refractivity contribution < 1.29 is 4.42 Å². The van der Waals surface area contributed by atoms with E-state index in [9.17, 15) is 0 Å². The van der Waals surface area contributed by atoms with Gasteiger partial charge < -0.3 is 10.2 Å². The first-order valence-corrected chi connectivity index (χ1v) is 6.29. The molecule has 2 aromatic rings. The van der Waals surface area contributed by atoms with Crippen molar-refractivity contribution >= 4 is 0 Å². The van der Waals surface area contributed by atoms with E-state index in [4.69, 9.17) is 10.2 Å². The monoisotopic (exact) mass is 244 g/mol. The van der Waals surface area contributed by atoms with Crippen LogP contribution in [-0.2, 0) is 6.54 Å². The van der Waals surface area contributed by atoms with Gasteiger partial charge in [0.15, 0.2) is 0 Å². The van der Waals surface area contributed by atoms with Gasteiger partial charge in [0, 0.05) is 6.54 Å². The van der Waals surface area contributed by atoms with E-state index in [1.165, 1.54) is 5.56 Å². The number of benzene rings is 1. The molecular formula is C15H20N2O. The molecule has 0 aliphatic heterocycles. The second kappa shape index (κ2) is 6.38. The van der Waals surface area contributed by atoms with Crippen LogP contribution in [0.15, 0.2) is 53.1 Å². The second-order valence-corrected chi connectivity index (χ2v) is 4.51. The molecule has 1 heterocycles.